The Labute approximate surface area is 95.6 Å². The first-order valence-electron chi connectivity index (χ1n) is 5.71. The van der Waals surface area contributed by atoms with E-state index >= 15 is 0 Å². The highest BCUT2D eigenvalue weighted by atomic mass is 16.4. The van der Waals surface area contributed by atoms with Gasteiger partial charge < -0.3 is 10.4 Å². The zero-order valence-electron chi connectivity index (χ0n) is 9.88. The quantitative estimate of drug-likeness (QED) is 0.613. The number of aliphatic carboxylic acids is 1. The fourth-order valence-electron chi connectivity index (χ4n) is 1.63. The SMILES string of the molecule is CC(C)CNC(=O)CNC1(C(=O)O)CCC1. The van der Waals surface area contributed by atoms with E-state index in [1.165, 1.54) is 0 Å². The Bertz CT molecular complexity index is 272. The zero-order valence-corrected chi connectivity index (χ0v) is 9.88. The molecule has 1 saturated carbocycles. The average Bonchev–Trinajstić information content (AvgIpc) is 2.12. The second-order valence-electron chi connectivity index (χ2n) is 4.79. The highest BCUT2D eigenvalue weighted by Gasteiger charge is 2.44. The number of carbonyl (C=O) groups is 2. The highest BCUT2D eigenvalue weighted by Crippen LogP contribution is 2.31. The first kappa shape index (κ1) is 13.0. The second-order valence-corrected chi connectivity index (χ2v) is 4.79. The Morgan fingerprint density at radius 2 is 2.00 bits per heavy atom. The molecule has 0 bridgehead atoms. The lowest BCUT2D eigenvalue weighted by atomic mass is 9.77. The smallest absolute Gasteiger partial charge is 0.323 e. The van der Waals surface area contributed by atoms with Crippen LogP contribution in [0.25, 0.3) is 0 Å². The molecule has 5 heteroatoms. The third-order valence-electron chi connectivity index (χ3n) is 2.91. The number of amides is 1. The van der Waals surface area contributed by atoms with Crippen LogP contribution >= 0.6 is 0 Å². The van der Waals surface area contributed by atoms with E-state index in [1.807, 2.05) is 13.8 Å². The summed E-state index contributed by atoms with van der Waals surface area (Å²) < 4.78 is 0. The van der Waals surface area contributed by atoms with Gasteiger partial charge in [0.15, 0.2) is 0 Å². The Morgan fingerprint density at radius 1 is 1.38 bits per heavy atom. The van der Waals surface area contributed by atoms with Crippen LogP contribution in [0.3, 0.4) is 0 Å². The van der Waals surface area contributed by atoms with Crippen molar-refractivity contribution in [1.82, 2.24) is 10.6 Å². The van der Waals surface area contributed by atoms with Crippen molar-refractivity contribution in [2.24, 2.45) is 5.92 Å². The zero-order chi connectivity index (χ0) is 12.2. The molecule has 0 saturated heterocycles. The van der Waals surface area contributed by atoms with Crippen molar-refractivity contribution in [2.45, 2.75) is 38.6 Å². The minimum Gasteiger partial charge on any atom is -0.480 e. The maximum atomic E-state index is 11.4. The monoisotopic (exact) mass is 228 g/mol. The molecule has 1 aliphatic carbocycles. The van der Waals surface area contributed by atoms with Crippen molar-refractivity contribution >= 4 is 11.9 Å². The fourth-order valence-corrected chi connectivity index (χ4v) is 1.63. The molecule has 5 nitrogen and oxygen atoms in total. The molecule has 3 N–H and O–H groups in total. The Kier molecular flexibility index (Phi) is 4.29. The molecule has 1 fully saturated rings. The van der Waals surface area contributed by atoms with Gasteiger partial charge in [-0.05, 0) is 25.2 Å². The van der Waals surface area contributed by atoms with Gasteiger partial charge in [-0.15, -0.1) is 0 Å². The number of carbonyl (C=O) groups excluding carboxylic acids is 1. The molecule has 1 aliphatic rings. The van der Waals surface area contributed by atoms with E-state index < -0.39 is 11.5 Å². The summed E-state index contributed by atoms with van der Waals surface area (Å²) in [5, 5.41) is 14.6. The lowest BCUT2D eigenvalue weighted by Crippen LogP contribution is -2.59. The van der Waals surface area contributed by atoms with Gasteiger partial charge in [-0.25, -0.2) is 0 Å². The molecule has 0 atom stereocenters. The maximum absolute atomic E-state index is 11.4. The summed E-state index contributed by atoms with van der Waals surface area (Å²) in [6, 6.07) is 0. The summed E-state index contributed by atoms with van der Waals surface area (Å²) >= 11 is 0. The van der Waals surface area contributed by atoms with Gasteiger partial charge in [0.25, 0.3) is 0 Å². The number of hydrogen-bond acceptors (Lipinski definition) is 3. The number of hydrogen-bond donors (Lipinski definition) is 3. The van der Waals surface area contributed by atoms with E-state index in [2.05, 4.69) is 10.6 Å². The summed E-state index contributed by atoms with van der Waals surface area (Å²) in [5.74, 6) is -0.585. The van der Waals surface area contributed by atoms with Crippen molar-refractivity contribution in [3.63, 3.8) is 0 Å². The molecule has 0 aromatic heterocycles. The predicted molar refractivity (Wildman–Crippen MR) is 60.1 cm³/mol. The normalized spacial score (nSPS) is 17.9. The summed E-state index contributed by atoms with van der Waals surface area (Å²) in [6.45, 7) is 4.73. The molecule has 92 valence electrons. The van der Waals surface area contributed by atoms with E-state index in [4.69, 9.17) is 5.11 Å². The number of nitrogens with one attached hydrogen (secondary N) is 2. The van der Waals surface area contributed by atoms with Gasteiger partial charge in [0.2, 0.25) is 5.91 Å². The van der Waals surface area contributed by atoms with Crippen LogP contribution in [0.5, 0.6) is 0 Å². The summed E-state index contributed by atoms with van der Waals surface area (Å²) in [6.07, 6.45) is 2.13. The molecule has 0 unspecified atom stereocenters. The summed E-state index contributed by atoms with van der Waals surface area (Å²) in [7, 11) is 0. The minimum absolute atomic E-state index is 0.0824. The molecule has 0 aliphatic heterocycles. The standard InChI is InChI=1S/C11H20N2O3/c1-8(2)6-12-9(14)7-13-11(10(15)16)4-3-5-11/h8,13H,3-7H2,1-2H3,(H,12,14)(H,15,16). The van der Waals surface area contributed by atoms with Crippen molar-refractivity contribution in [3.8, 4) is 0 Å². The largest absolute Gasteiger partial charge is 0.480 e. The fraction of sp³-hybridized carbons (Fsp3) is 0.818. The van der Waals surface area contributed by atoms with Crippen LogP contribution in [-0.4, -0.2) is 35.6 Å². The molecular formula is C11H20N2O3. The number of carboxylic acids is 1. The van der Waals surface area contributed by atoms with Crippen LogP contribution < -0.4 is 10.6 Å². The van der Waals surface area contributed by atoms with Crippen LogP contribution in [0.4, 0.5) is 0 Å². The molecule has 0 aromatic carbocycles. The molecule has 0 spiro atoms. The molecule has 1 amide bonds. The van der Waals surface area contributed by atoms with Crippen molar-refractivity contribution in [2.75, 3.05) is 13.1 Å². The summed E-state index contributed by atoms with van der Waals surface area (Å²) in [5.41, 5.74) is -0.852. The highest BCUT2D eigenvalue weighted by molar-refractivity contribution is 5.82. The third kappa shape index (κ3) is 3.20. The van der Waals surface area contributed by atoms with Gasteiger partial charge in [-0.2, -0.15) is 0 Å². The predicted octanol–water partition coefficient (Wildman–Crippen LogP) is 0.355. The number of carboxylic acid groups (broad SMARTS) is 1. The van der Waals surface area contributed by atoms with Gasteiger partial charge in [0.05, 0.1) is 6.54 Å². The first-order chi connectivity index (χ1) is 7.46. The van der Waals surface area contributed by atoms with Crippen molar-refractivity contribution < 1.29 is 14.7 Å². The van der Waals surface area contributed by atoms with E-state index in [-0.39, 0.29) is 12.5 Å². The van der Waals surface area contributed by atoms with E-state index in [0.29, 0.717) is 25.3 Å². The van der Waals surface area contributed by atoms with Gasteiger partial charge in [-0.1, -0.05) is 13.8 Å². The molecule has 0 radical (unpaired) electrons. The van der Waals surface area contributed by atoms with E-state index in [0.717, 1.165) is 6.42 Å². The minimum atomic E-state index is -0.852. The molecule has 1 rings (SSSR count). The molecule has 16 heavy (non-hydrogen) atoms. The van der Waals surface area contributed by atoms with Crippen LogP contribution in [0.15, 0.2) is 0 Å². The number of rotatable bonds is 6. The van der Waals surface area contributed by atoms with Crippen LogP contribution in [0.1, 0.15) is 33.1 Å². The van der Waals surface area contributed by atoms with Crippen molar-refractivity contribution in [1.29, 1.82) is 0 Å². The van der Waals surface area contributed by atoms with Crippen LogP contribution in [0, 0.1) is 5.92 Å². The van der Waals surface area contributed by atoms with Gasteiger partial charge in [0.1, 0.15) is 5.54 Å². The van der Waals surface area contributed by atoms with Gasteiger partial charge in [0, 0.05) is 6.54 Å². The van der Waals surface area contributed by atoms with Gasteiger partial charge in [-0.3, -0.25) is 14.9 Å². The maximum Gasteiger partial charge on any atom is 0.323 e. The second kappa shape index (κ2) is 5.30. The Balaban J connectivity index is 2.28. The topological polar surface area (TPSA) is 78.4 Å². The molecule has 0 heterocycles. The van der Waals surface area contributed by atoms with E-state index in [9.17, 15) is 9.59 Å². The lowest BCUT2D eigenvalue weighted by Gasteiger charge is -2.38. The van der Waals surface area contributed by atoms with Crippen LogP contribution in [-0.2, 0) is 9.59 Å². The molecule has 0 aromatic rings. The average molecular weight is 228 g/mol. The van der Waals surface area contributed by atoms with Gasteiger partial charge >= 0.3 is 5.97 Å². The summed E-state index contributed by atoms with van der Waals surface area (Å²) in [4.78, 5) is 22.4. The Hall–Kier alpha value is -1.10. The van der Waals surface area contributed by atoms with Crippen molar-refractivity contribution in [3.05, 3.63) is 0 Å². The van der Waals surface area contributed by atoms with E-state index in [1.54, 1.807) is 0 Å². The third-order valence-corrected chi connectivity index (χ3v) is 2.91. The van der Waals surface area contributed by atoms with Crippen LogP contribution in [0.2, 0.25) is 0 Å². The lowest BCUT2D eigenvalue weighted by molar-refractivity contribution is -0.149. The molecular weight excluding hydrogens is 208 g/mol. The first-order valence-corrected chi connectivity index (χ1v) is 5.71. The Morgan fingerprint density at radius 3 is 2.38 bits per heavy atom.